The van der Waals surface area contributed by atoms with Crippen LogP contribution in [0.1, 0.15) is 66.2 Å². The van der Waals surface area contributed by atoms with Crippen molar-refractivity contribution >= 4 is 5.97 Å². The van der Waals surface area contributed by atoms with Gasteiger partial charge in [0.1, 0.15) is 6.10 Å². The molecule has 0 radical (unpaired) electrons. The Morgan fingerprint density at radius 1 is 1.35 bits per heavy atom. The molecule has 0 saturated heterocycles. The monoisotopic (exact) mass is 240 g/mol. The summed E-state index contributed by atoms with van der Waals surface area (Å²) >= 11 is 0. The van der Waals surface area contributed by atoms with Crippen molar-refractivity contribution in [3.63, 3.8) is 0 Å². The smallest absolute Gasteiger partial charge is 0.306 e. The van der Waals surface area contributed by atoms with Crippen molar-refractivity contribution in [1.29, 1.82) is 0 Å². The fourth-order valence-electron chi connectivity index (χ4n) is 2.80. The van der Waals surface area contributed by atoms with Crippen molar-refractivity contribution in [2.75, 3.05) is 0 Å². The van der Waals surface area contributed by atoms with Gasteiger partial charge in [-0.05, 0) is 37.0 Å². The molecule has 0 aromatic heterocycles. The maximum absolute atomic E-state index is 11.7. The third kappa shape index (κ3) is 4.69. The van der Waals surface area contributed by atoms with E-state index in [0.717, 1.165) is 19.3 Å². The zero-order valence-electron chi connectivity index (χ0n) is 11.9. The molecule has 0 N–H and O–H groups in total. The van der Waals surface area contributed by atoms with E-state index in [1.807, 2.05) is 0 Å². The fourth-order valence-corrected chi connectivity index (χ4v) is 2.80. The van der Waals surface area contributed by atoms with E-state index in [-0.39, 0.29) is 12.1 Å². The highest BCUT2D eigenvalue weighted by atomic mass is 16.5. The Kier molecular flexibility index (Phi) is 6.01. The van der Waals surface area contributed by atoms with E-state index in [1.54, 1.807) is 0 Å². The highest BCUT2D eigenvalue weighted by Gasteiger charge is 2.33. The van der Waals surface area contributed by atoms with Gasteiger partial charge in [0, 0.05) is 6.42 Å². The second kappa shape index (κ2) is 7.03. The quantitative estimate of drug-likeness (QED) is 0.674. The Hall–Kier alpha value is -0.530. The first-order chi connectivity index (χ1) is 8.04. The molecule has 2 heteroatoms. The molecule has 0 aromatic carbocycles. The van der Waals surface area contributed by atoms with Crippen LogP contribution in [-0.4, -0.2) is 12.1 Å². The number of hydrogen-bond acceptors (Lipinski definition) is 2. The molecule has 17 heavy (non-hydrogen) atoms. The van der Waals surface area contributed by atoms with Gasteiger partial charge >= 0.3 is 5.97 Å². The molecule has 1 rings (SSSR count). The van der Waals surface area contributed by atoms with Crippen LogP contribution in [-0.2, 0) is 9.53 Å². The molecule has 0 spiro atoms. The summed E-state index contributed by atoms with van der Waals surface area (Å²) in [6.07, 6.45) is 6.32. The number of carbonyl (C=O) groups is 1. The van der Waals surface area contributed by atoms with E-state index < -0.39 is 0 Å². The largest absolute Gasteiger partial charge is 0.462 e. The second-order valence-corrected chi connectivity index (χ2v) is 5.96. The van der Waals surface area contributed by atoms with Gasteiger partial charge in [-0.2, -0.15) is 0 Å². The van der Waals surface area contributed by atoms with E-state index in [9.17, 15) is 4.79 Å². The molecule has 0 aromatic rings. The Labute approximate surface area is 106 Å². The summed E-state index contributed by atoms with van der Waals surface area (Å²) in [5.41, 5.74) is 0. The normalized spacial score (nSPS) is 29.4. The van der Waals surface area contributed by atoms with Crippen LogP contribution < -0.4 is 0 Å². The van der Waals surface area contributed by atoms with E-state index in [0.29, 0.717) is 24.2 Å². The van der Waals surface area contributed by atoms with Crippen LogP contribution in [0, 0.1) is 17.8 Å². The van der Waals surface area contributed by atoms with E-state index in [1.165, 1.54) is 12.8 Å². The minimum atomic E-state index is 0.0107. The molecular weight excluding hydrogens is 212 g/mol. The molecule has 100 valence electrons. The van der Waals surface area contributed by atoms with Gasteiger partial charge in [-0.15, -0.1) is 0 Å². The number of esters is 1. The van der Waals surface area contributed by atoms with Crippen LogP contribution in [0.3, 0.4) is 0 Å². The highest BCUT2D eigenvalue weighted by molar-refractivity contribution is 5.69. The number of unbranched alkanes of at least 4 members (excludes halogenated alkanes) is 1. The maximum Gasteiger partial charge on any atom is 0.306 e. The molecule has 1 fully saturated rings. The lowest BCUT2D eigenvalue weighted by molar-refractivity contribution is -0.156. The van der Waals surface area contributed by atoms with Gasteiger partial charge in [-0.3, -0.25) is 4.79 Å². The SMILES string of the molecule is CCCCC(=O)O[C@H]1C[C@@H](C)CC[C@@H]1C(C)C. The van der Waals surface area contributed by atoms with Gasteiger partial charge in [0.25, 0.3) is 0 Å². The zero-order chi connectivity index (χ0) is 12.8. The minimum Gasteiger partial charge on any atom is -0.462 e. The molecule has 3 atom stereocenters. The zero-order valence-corrected chi connectivity index (χ0v) is 11.9. The molecule has 0 bridgehead atoms. The lowest BCUT2D eigenvalue weighted by Gasteiger charge is -2.36. The first-order valence-electron chi connectivity index (χ1n) is 7.24. The number of ether oxygens (including phenoxy) is 1. The Morgan fingerprint density at radius 3 is 2.65 bits per heavy atom. The van der Waals surface area contributed by atoms with Gasteiger partial charge in [-0.1, -0.05) is 40.5 Å². The van der Waals surface area contributed by atoms with Crippen LogP contribution in [0.15, 0.2) is 0 Å². The molecular formula is C15H28O2. The van der Waals surface area contributed by atoms with Crippen molar-refractivity contribution in [3.8, 4) is 0 Å². The average Bonchev–Trinajstić information content (AvgIpc) is 2.26. The van der Waals surface area contributed by atoms with Gasteiger partial charge < -0.3 is 4.74 Å². The molecule has 0 unspecified atom stereocenters. The van der Waals surface area contributed by atoms with Crippen LogP contribution >= 0.6 is 0 Å². The van der Waals surface area contributed by atoms with E-state index in [2.05, 4.69) is 27.7 Å². The van der Waals surface area contributed by atoms with Gasteiger partial charge in [0.2, 0.25) is 0 Å². The third-order valence-corrected chi connectivity index (χ3v) is 3.98. The topological polar surface area (TPSA) is 26.3 Å². The second-order valence-electron chi connectivity index (χ2n) is 5.96. The lowest BCUT2D eigenvalue weighted by atomic mass is 9.75. The summed E-state index contributed by atoms with van der Waals surface area (Å²) in [7, 11) is 0. The average molecular weight is 240 g/mol. The molecule has 1 aliphatic rings. The van der Waals surface area contributed by atoms with E-state index in [4.69, 9.17) is 4.74 Å². The number of rotatable bonds is 5. The summed E-state index contributed by atoms with van der Waals surface area (Å²) in [5.74, 6) is 1.90. The third-order valence-electron chi connectivity index (χ3n) is 3.98. The Balaban J connectivity index is 2.48. The first kappa shape index (κ1) is 14.5. The highest BCUT2D eigenvalue weighted by Crippen LogP contribution is 2.35. The molecule has 0 amide bonds. The van der Waals surface area contributed by atoms with Gasteiger partial charge in [-0.25, -0.2) is 0 Å². The number of carbonyl (C=O) groups excluding carboxylic acids is 1. The maximum atomic E-state index is 11.7. The van der Waals surface area contributed by atoms with Gasteiger partial charge in [0.15, 0.2) is 0 Å². The van der Waals surface area contributed by atoms with Crippen molar-refractivity contribution in [3.05, 3.63) is 0 Å². The van der Waals surface area contributed by atoms with Gasteiger partial charge in [0.05, 0.1) is 0 Å². The fraction of sp³-hybridized carbons (Fsp3) is 0.933. The summed E-state index contributed by atoms with van der Waals surface area (Å²) in [5, 5.41) is 0. The molecule has 1 aliphatic carbocycles. The Morgan fingerprint density at radius 2 is 2.06 bits per heavy atom. The summed E-state index contributed by atoms with van der Waals surface area (Å²) < 4.78 is 5.70. The van der Waals surface area contributed by atoms with Crippen molar-refractivity contribution in [2.24, 2.45) is 17.8 Å². The number of hydrogen-bond donors (Lipinski definition) is 0. The van der Waals surface area contributed by atoms with Crippen molar-refractivity contribution < 1.29 is 9.53 Å². The van der Waals surface area contributed by atoms with Crippen molar-refractivity contribution in [1.82, 2.24) is 0 Å². The summed E-state index contributed by atoms with van der Waals surface area (Å²) in [6, 6.07) is 0. The molecule has 2 nitrogen and oxygen atoms in total. The minimum absolute atomic E-state index is 0.0107. The lowest BCUT2D eigenvalue weighted by Crippen LogP contribution is -2.35. The predicted molar refractivity (Wildman–Crippen MR) is 70.7 cm³/mol. The molecule has 0 aliphatic heterocycles. The predicted octanol–water partition coefficient (Wildman–Crippen LogP) is 4.18. The summed E-state index contributed by atoms with van der Waals surface area (Å²) in [6.45, 7) is 8.86. The van der Waals surface area contributed by atoms with Crippen molar-refractivity contribution in [2.45, 2.75) is 72.3 Å². The Bertz CT molecular complexity index is 235. The molecule has 0 heterocycles. The first-order valence-corrected chi connectivity index (χ1v) is 7.24. The van der Waals surface area contributed by atoms with E-state index >= 15 is 0 Å². The van der Waals surface area contributed by atoms with Crippen LogP contribution in [0.4, 0.5) is 0 Å². The van der Waals surface area contributed by atoms with Crippen LogP contribution in [0.5, 0.6) is 0 Å². The van der Waals surface area contributed by atoms with Crippen LogP contribution in [0.2, 0.25) is 0 Å². The molecule has 1 saturated carbocycles. The summed E-state index contributed by atoms with van der Waals surface area (Å²) in [4.78, 5) is 11.7. The van der Waals surface area contributed by atoms with Crippen LogP contribution in [0.25, 0.3) is 0 Å². The standard InChI is InChI=1S/C15H28O2/c1-5-6-7-15(16)17-14-10-12(4)8-9-13(14)11(2)3/h11-14H,5-10H2,1-4H3/t12-,13+,14-/m0/s1.